The van der Waals surface area contributed by atoms with Crippen molar-refractivity contribution < 1.29 is 9.90 Å². The highest BCUT2D eigenvalue weighted by Gasteiger charge is 2.31. The molecule has 1 aliphatic heterocycles. The van der Waals surface area contributed by atoms with Crippen molar-refractivity contribution in [1.82, 2.24) is 10.2 Å². The first kappa shape index (κ1) is 15.4. The summed E-state index contributed by atoms with van der Waals surface area (Å²) in [4.78, 5) is 14.3. The summed E-state index contributed by atoms with van der Waals surface area (Å²) in [7, 11) is 0. The third kappa shape index (κ3) is 4.58. The summed E-state index contributed by atoms with van der Waals surface area (Å²) in [5, 5.41) is 11.9. The van der Waals surface area contributed by atoms with Gasteiger partial charge >= 0.3 is 0 Å². The van der Waals surface area contributed by atoms with Gasteiger partial charge in [-0.05, 0) is 45.6 Å². The van der Waals surface area contributed by atoms with Gasteiger partial charge in [0.05, 0.1) is 6.04 Å². The third-order valence-electron chi connectivity index (χ3n) is 3.82. The topological polar surface area (TPSA) is 52.6 Å². The van der Waals surface area contributed by atoms with Gasteiger partial charge in [-0.1, -0.05) is 13.3 Å². The van der Waals surface area contributed by atoms with Crippen molar-refractivity contribution in [2.75, 3.05) is 19.7 Å². The van der Waals surface area contributed by atoms with Crippen molar-refractivity contribution in [1.29, 1.82) is 0 Å². The molecule has 4 nitrogen and oxygen atoms in total. The van der Waals surface area contributed by atoms with E-state index in [2.05, 4.69) is 17.1 Å². The summed E-state index contributed by atoms with van der Waals surface area (Å²) in [5.41, 5.74) is 0. The predicted octanol–water partition coefficient (Wildman–Crippen LogP) is 1.53. The van der Waals surface area contributed by atoms with Gasteiger partial charge in [0.25, 0.3) is 0 Å². The maximum atomic E-state index is 12.0. The van der Waals surface area contributed by atoms with Crippen molar-refractivity contribution >= 4 is 5.91 Å². The van der Waals surface area contributed by atoms with Crippen molar-refractivity contribution in [3.63, 3.8) is 0 Å². The fraction of sp³-hybridized carbons (Fsp3) is 0.929. The van der Waals surface area contributed by atoms with Crippen molar-refractivity contribution in [2.45, 2.75) is 64.5 Å². The molecule has 0 aromatic heterocycles. The molecule has 0 saturated carbocycles. The number of aliphatic hydroxyl groups is 1. The summed E-state index contributed by atoms with van der Waals surface area (Å²) in [6.45, 7) is 6.17. The Hall–Kier alpha value is -0.610. The number of aliphatic hydroxyl groups excluding tert-OH is 1. The number of rotatable bonds is 8. The van der Waals surface area contributed by atoms with E-state index in [1.165, 1.54) is 6.42 Å². The van der Waals surface area contributed by atoms with Crippen molar-refractivity contribution in [2.24, 2.45) is 0 Å². The molecule has 106 valence electrons. The van der Waals surface area contributed by atoms with Crippen LogP contribution in [0.25, 0.3) is 0 Å². The maximum absolute atomic E-state index is 12.0. The number of likely N-dealkylation sites (tertiary alicyclic amines) is 1. The van der Waals surface area contributed by atoms with Crippen LogP contribution in [-0.2, 0) is 4.79 Å². The molecule has 1 aliphatic rings. The minimum absolute atomic E-state index is 0.0342. The highest BCUT2D eigenvalue weighted by atomic mass is 16.3. The Bertz CT molecular complexity index is 246. The highest BCUT2D eigenvalue weighted by molar-refractivity contribution is 5.81. The van der Waals surface area contributed by atoms with E-state index in [9.17, 15) is 4.79 Å². The number of carbonyl (C=O) groups is 1. The Morgan fingerprint density at radius 3 is 2.94 bits per heavy atom. The Morgan fingerprint density at radius 1 is 1.50 bits per heavy atom. The number of nitrogens with one attached hydrogen (secondary N) is 1. The molecule has 0 aromatic rings. The minimum Gasteiger partial charge on any atom is -0.396 e. The van der Waals surface area contributed by atoms with E-state index >= 15 is 0 Å². The Labute approximate surface area is 111 Å². The van der Waals surface area contributed by atoms with Gasteiger partial charge in [0, 0.05) is 19.2 Å². The second kappa shape index (κ2) is 8.48. The number of hydrogen-bond donors (Lipinski definition) is 2. The Kier molecular flexibility index (Phi) is 7.28. The molecule has 0 radical (unpaired) electrons. The molecular weight excluding hydrogens is 228 g/mol. The first-order valence-electron chi connectivity index (χ1n) is 7.35. The van der Waals surface area contributed by atoms with Gasteiger partial charge in [-0.25, -0.2) is 0 Å². The van der Waals surface area contributed by atoms with Crippen molar-refractivity contribution in [3.05, 3.63) is 0 Å². The molecule has 4 heteroatoms. The molecule has 0 spiro atoms. The molecule has 1 amide bonds. The molecule has 1 heterocycles. The van der Waals surface area contributed by atoms with Crippen LogP contribution in [0.5, 0.6) is 0 Å². The minimum atomic E-state index is -0.0342. The number of unbranched alkanes of at least 4 members (excludes halogenated alkanes) is 1. The third-order valence-corrected chi connectivity index (χ3v) is 3.82. The van der Waals surface area contributed by atoms with Crippen LogP contribution in [0, 0.1) is 0 Å². The summed E-state index contributed by atoms with van der Waals surface area (Å²) in [6, 6.07) is 0.442. The average molecular weight is 256 g/mol. The summed E-state index contributed by atoms with van der Waals surface area (Å²) in [6.07, 6.45) is 6.33. The fourth-order valence-corrected chi connectivity index (χ4v) is 2.69. The molecule has 1 rings (SSSR count). The van der Waals surface area contributed by atoms with E-state index in [0.29, 0.717) is 6.04 Å². The molecule has 2 N–H and O–H groups in total. The lowest BCUT2D eigenvalue weighted by Gasteiger charge is -2.29. The van der Waals surface area contributed by atoms with E-state index in [4.69, 9.17) is 5.11 Å². The monoisotopic (exact) mass is 256 g/mol. The highest BCUT2D eigenvalue weighted by Crippen LogP contribution is 2.23. The van der Waals surface area contributed by atoms with Gasteiger partial charge in [-0.2, -0.15) is 0 Å². The van der Waals surface area contributed by atoms with Crippen LogP contribution < -0.4 is 5.32 Å². The lowest BCUT2D eigenvalue weighted by Crippen LogP contribution is -2.47. The lowest BCUT2D eigenvalue weighted by molar-refractivity contribution is -0.126. The second-order valence-electron chi connectivity index (χ2n) is 5.22. The van der Waals surface area contributed by atoms with E-state index < -0.39 is 0 Å². The van der Waals surface area contributed by atoms with Crippen LogP contribution >= 0.6 is 0 Å². The van der Waals surface area contributed by atoms with E-state index in [0.717, 1.165) is 45.2 Å². The Balaban J connectivity index is 2.38. The van der Waals surface area contributed by atoms with Crippen LogP contribution in [0.4, 0.5) is 0 Å². The molecule has 2 unspecified atom stereocenters. The van der Waals surface area contributed by atoms with Crippen LogP contribution in [0.2, 0.25) is 0 Å². The van der Waals surface area contributed by atoms with Crippen LogP contribution in [0.3, 0.4) is 0 Å². The zero-order valence-corrected chi connectivity index (χ0v) is 11.8. The summed E-state index contributed by atoms with van der Waals surface area (Å²) in [5.74, 6) is 0.152. The molecule has 1 fully saturated rings. The normalized spacial score (nSPS) is 22.1. The maximum Gasteiger partial charge on any atom is 0.237 e. The standard InChI is InChI=1S/C14H28N2O2/c1-3-4-9-15-14(18)12(2)16-10-5-7-13(16)8-6-11-17/h12-13,17H,3-11H2,1-2H3,(H,15,18). The van der Waals surface area contributed by atoms with Gasteiger partial charge in [0.15, 0.2) is 0 Å². The number of nitrogens with zero attached hydrogens (tertiary/aromatic N) is 1. The van der Waals surface area contributed by atoms with Gasteiger partial charge in [-0.15, -0.1) is 0 Å². The first-order valence-corrected chi connectivity index (χ1v) is 7.35. The van der Waals surface area contributed by atoms with Crippen LogP contribution in [0.15, 0.2) is 0 Å². The first-order chi connectivity index (χ1) is 8.70. The Morgan fingerprint density at radius 2 is 2.28 bits per heavy atom. The quantitative estimate of drug-likeness (QED) is 0.648. The number of hydrogen-bond acceptors (Lipinski definition) is 3. The zero-order chi connectivity index (χ0) is 13.4. The lowest BCUT2D eigenvalue weighted by atomic mass is 10.1. The zero-order valence-electron chi connectivity index (χ0n) is 11.8. The van der Waals surface area contributed by atoms with Gasteiger partial charge < -0.3 is 10.4 Å². The fourth-order valence-electron chi connectivity index (χ4n) is 2.69. The number of carbonyl (C=O) groups excluding carboxylic acids is 1. The smallest absolute Gasteiger partial charge is 0.237 e. The molecule has 18 heavy (non-hydrogen) atoms. The summed E-state index contributed by atoms with van der Waals surface area (Å²) >= 11 is 0. The number of amides is 1. The van der Waals surface area contributed by atoms with Crippen LogP contribution in [-0.4, -0.2) is 47.7 Å². The SMILES string of the molecule is CCCCNC(=O)C(C)N1CCCC1CCCO. The second-order valence-corrected chi connectivity index (χ2v) is 5.22. The van der Waals surface area contributed by atoms with Crippen molar-refractivity contribution in [3.8, 4) is 0 Å². The summed E-state index contributed by atoms with van der Waals surface area (Å²) < 4.78 is 0. The molecule has 0 aromatic carbocycles. The molecular formula is C14H28N2O2. The predicted molar refractivity (Wildman–Crippen MR) is 73.4 cm³/mol. The van der Waals surface area contributed by atoms with E-state index in [1.807, 2.05) is 6.92 Å². The van der Waals surface area contributed by atoms with Crippen LogP contribution in [0.1, 0.15) is 52.4 Å². The average Bonchev–Trinajstić information content (AvgIpc) is 2.83. The molecule has 2 atom stereocenters. The van der Waals surface area contributed by atoms with E-state index in [-0.39, 0.29) is 18.6 Å². The molecule has 0 aliphatic carbocycles. The van der Waals surface area contributed by atoms with Gasteiger partial charge in [0.2, 0.25) is 5.91 Å². The van der Waals surface area contributed by atoms with E-state index in [1.54, 1.807) is 0 Å². The largest absolute Gasteiger partial charge is 0.396 e. The molecule has 0 bridgehead atoms. The van der Waals surface area contributed by atoms with Gasteiger partial charge in [0.1, 0.15) is 0 Å². The molecule has 1 saturated heterocycles. The van der Waals surface area contributed by atoms with Gasteiger partial charge in [-0.3, -0.25) is 9.69 Å².